The summed E-state index contributed by atoms with van der Waals surface area (Å²) in [5.74, 6) is 1.67. The molecule has 4 N–H and O–H groups in total. The van der Waals surface area contributed by atoms with E-state index in [4.69, 9.17) is 10.5 Å². The van der Waals surface area contributed by atoms with Crippen LogP contribution in [0.5, 0.6) is 11.5 Å². The van der Waals surface area contributed by atoms with Gasteiger partial charge in [-0.1, -0.05) is 24.3 Å². The molecule has 0 fully saturated rings. The van der Waals surface area contributed by atoms with Gasteiger partial charge >= 0.3 is 0 Å². The van der Waals surface area contributed by atoms with Crippen LogP contribution in [-0.4, -0.2) is 25.0 Å². The summed E-state index contributed by atoms with van der Waals surface area (Å²) in [5, 5.41) is 5.64. The summed E-state index contributed by atoms with van der Waals surface area (Å²) < 4.78 is 5.76. The number of nitrogens with one attached hydrogen (secondary N) is 2. The van der Waals surface area contributed by atoms with E-state index in [0.717, 1.165) is 11.4 Å². The van der Waals surface area contributed by atoms with E-state index in [2.05, 4.69) is 15.6 Å². The first-order valence-corrected chi connectivity index (χ1v) is 7.28. The summed E-state index contributed by atoms with van der Waals surface area (Å²) in [6.07, 6.45) is 0. The summed E-state index contributed by atoms with van der Waals surface area (Å²) >= 11 is 0. The number of carbonyl (C=O) groups excluding carboxylic acids is 1. The number of hydrogen-bond acceptors (Lipinski definition) is 3. The highest BCUT2D eigenvalue weighted by Gasteiger charge is 2.00. The molecule has 6 nitrogen and oxygen atoms in total. The van der Waals surface area contributed by atoms with Crippen molar-refractivity contribution < 1.29 is 9.53 Å². The molecule has 6 heteroatoms. The van der Waals surface area contributed by atoms with Crippen LogP contribution < -0.4 is 21.1 Å². The van der Waals surface area contributed by atoms with Gasteiger partial charge in [-0.05, 0) is 24.3 Å². The Balaban J connectivity index is 1.91. The summed E-state index contributed by atoms with van der Waals surface area (Å²) in [4.78, 5) is 14.9. The Morgan fingerprint density at radius 2 is 1.87 bits per heavy atom. The highest BCUT2D eigenvalue weighted by atomic mass is 16.5. The van der Waals surface area contributed by atoms with Crippen LogP contribution in [0.25, 0.3) is 0 Å². The summed E-state index contributed by atoms with van der Waals surface area (Å²) in [7, 11) is 0. The highest BCUT2D eigenvalue weighted by molar-refractivity contribution is 5.92. The second kappa shape index (κ2) is 8.43. The smallest absolute Gasteiger partial charge is 0.216 e. The summed E-state index contributed by atoms with van der Waals surface area (Å²) in [5.41, 5.74) is 6.59. The van der Waals surface area contributed by atoms with Crippen molar-refractivity contribution in [2.45, 2.75) is 6.92 Å². The lowest BCUT2D eigenvalue weighted by molar-refractivity contribution is -0.118. The molecule has 2 rings (SSSR count). The van der Waals surface area contributed by atoms with Gasteiger partial charge in [0.1, 0.15) is 11.5 Å². The van der Waals surface area contributed by atoms with E-state index >= 15 is 0 Å². The fourth-order valence-corrected chi connectivity index (χ4v) is 1.86. The van der Waals surface area contributed by atoms with Crippen LogP contribution >= 0.6 is 0 Å². The quantitative estimate of drug-likeness (QED) is 0.434. The first kappa shape index (κ1) is 16.4. The minimum Gasteiger partial charge on any atom is -0.457 e. The number of guanidine groups is 1. The predicted molar refractivity (Wildman–Crippen MR) is 91.8 cm³/mol. The van der Waals surface area contributed by atoms with Crippen molar-refractivity contribution >= 4 is 17.6 Å². The predicted octanol–water partition coefficient (Wildman–Crippen LogP) is 2.34. The molecule has 2 aromatic carbocycles. The van der Waals surface area contributed by atoms with Gasteiger partial charge in [0.25, 0.3) is 0 Å². The van der Waals surface area contributed by atoms with Crippen LogP contribution in [0.2, 0.25) is 0 Å². The number of anilines is 1. The average Bonchev–Trinajstić information content (AvgIpc) is 2.53. The van der Waals surface area contributed by atoms with Crippen molar-refractivity contribution in [3.63, 3.8) is 0 Å². The number of nitrogens with zero attached hydrogens (tertiary/aromatic N) is 1. The second-order valence-corrected chi connectivity index (χ2v) is 4.82. The third-order valence-corrected chi connectivity index (χ3v) is 2.85. The van der Waals surface area contributed by atoms with Gasteiger partial charge in [-0.25, -0.2) is 0 Å². The largest absolute Gasteiger partial charge is 0.457 e. The zero-order chi connectivity index (χ0) is 16.5. The fourth-order valence-electron chi connectivity index (χ4n) is 1.86. The van der Waals surface area contributed by atoms with E-state index in [1.165, 1.54) is 6.92 Å². The molecule has 0 unspecified atom stereocenters. The van der Waals surface area contributed by atoms with Crippen molar-refractivity contribution in [3.05, 3.63) is 54.6 Å². The molecule has 0 heterocycles. The minimum absolute atomic E-state index is 0.0857. The normalized spacial score (nSPS) is 10.9. The third-order valence-electron chi connectivity index (χ3n) is 2.85. The van der Waals surface area contributed by atoms with Gasteiger partial charge in [-0.2, -0.15) is 0 Å². The summed E-state index contributed by atoms with van der Waals surface area (Å²) in [6, 6.07) is 17.0. The van der Waals surface area contributed by atoms with Gasteiger partial charge in [0.05, 0.1) is 6.54 Å². The Morgan fingerprint density at radius 3 is 2.61 bits per heavy atom. The Hall–Kier alpha value is -3.02. The topological polar surface area (TPSA) is 88.7 Å². The molecule has 0 atom stereocenters. The number of amides is 1. The Labute approximate surface area is 135 Å². The lowest BCUT2D eigenvalue weighted by Crippen LogP contribution is -2.26. The molecule has 0 saturated carbocycles. The number of benzene rings is 2. The molecule has 0 aromatic heterocycles. The van der Waals surface area contributed by atoms with Crippen LogP contribution in [0.1, 0.15) is 6.92 Å². The number of nitrogens with two attached hydrogens (primary N) is 1. The molecule has 23 heavy (non-hydrogen) atoms. The van der Waals surface area contributed by atoms with E-state index in [1.807, 2.05) is 54.6 Å². The summed E-state index contributed by atoms with van der Waals surface area (Å²) in [6.45, 7) is 2.33. The van der Waals surface area contributed by atoms with Gasteiger partial charge in [0.2, 0.25) is 5.91 Å². The molecule has 0 spiro atoms. The van der Waals surface area contributed by atoms with E-state index in [1.54, 1.807) is 0 Å². The first-order chi connectivity index (χ1) is 11.1. The van der Waals surface area contributed by atoms with E-state index in [0.29, 0.717) is 18.8 Å². The van der Waals surface area contributed by atoms with Gasteiger partial charge in [0.15, 0.2) is 5.96 Å². The molecule has 0 radical (unpaired) electrons. The van der Waals surface area contributed by atoms with Crippen molar-refractivity contribution in [2.75, 3.05) is 18.4 Å². The Bertz CT molecular complexity index is 671. The maximum atomic E-state index is 10.7. The minimum atomic E-state index is -0.0857. The van der Waals surface area contributed by atoms with Crippen LogP contribution in [0.3, 0.4) is 0 Å². The number of hydrogen-bond donors (Lipinski definition) is 3. The number of aliphatic imine (C=N–C) groups is 1. The number of ether oxygens (including phenoxy) is 1. The molecule has 0 bridgehead atoms. The standard InChI is InChI=1S/C17H20N4O2/c1-13(22)19-10-11-20-17(18)21-14-6-5-9-16(12-14)23-15-7-3-2-4-8-15/h2-9,12H,10-11H2,1H3,(H,19,22)(H3,18,20,21). The zero-order valence-corrected chi connectivity index (χ0v) is 13.0. The van der Waals surface area contributed by atoms with Crippen LogP contribution in [0.4, 0.5) is 5.69 Å². The van der Waals surface area contributed by atoms with Gasteiger partial charge in [0, 0.05) is 25.2 Å². The van der Waals surface area contributed by atoms with Crippen LogP contribution in [-0.2, 0) is 4.79 Å². The van der Waals surface area contributed by atoms with Gasteiger partial charge < -0.3 is 21.1 Å². The fraction of sp³-hybridized carbons (Fsp3) is 0.176. The lowest BCUT2D eigenvalue weighted by Gasteiger charge is -2.09. The number of rotatable bonds is 6. The molecule has 1 amide bonds. The molecule has 0 aliphatic rings. The van der Waals surface area contributed by atoms with Crippen molar-refractivity contribution in [3.8, 4) is 11.5 Å². The molecule has 120 valence electrons. The molecule has 0 aliphatic heterocycles. The van der Waals surface area contributed by atoms with Gasteiger partial charge in [-0.15, -0.1) is 0 Å². The third kappa shape index (κ3) is 6.09. The van der Waals surface area contributed by atoms with Gasteiger partial charge in [-0.3, -0.25) is 9.79 Å². The van der Waals surface area contributed by atoms with Crippen molar-refractivity contribution in [1.82, 2.24) is 5.32 Å². The zero-order valence-electron chi connectivity index (χ0n) is 13.0. The molecule has 0 saturated heterocycles. The van der Waals surface area contributed by atoms with E-state index in [9.17, 15) is 4.79 Å². The molecular formula is C17H20N4O2. The van der Waals surface area contributed by atoms with E-state index < -0.39 is 0 Å². The lowest BCUT2D eigenvalue weighted by atomic mass is 10.3. The Kier molecular flexibility index (Phi) is 5.99. The number of para-hydroxylation sites is 1. The van der Waals surface area contributed by atoms with Crippen LogP contribution in [0, 0.1) is 0 Å². The molecule has 2 aromatic rings. The number of carbonyl (C=O) groups is 1. The maximum Gasteiger partial charge on any atom is 0.216 e. The monoisotopic (exact) mass is 312 g/mol. The SMILES string of the molecule is CC(=O)NCCN=C(N)Nc1cccc(Oc2ccccc2)c1. The van der Waals surface area contributed by atoms with Crippen LogP contribution in [0.15, 0.2) is 59.6 Å². The van der Waals surface area contributed by atoms with Crippen molar-refractivity contribution in [2.24, 2.45) is 10.7 Å². The average molecular weight is 312 g/mol. The highest BCUT2D eigenvalue weighted by Crippen LogP contribution is 2.23. The molecular weight excluding hydrogens is 292 g/mol. The van der Waals surface area contributed by atoms with E-state index in [-0.39, 0.29) is 11.9 Å². The molecule has 0 aliphatic carbocycles. The van der Waals surface area contributed by atoms with Crippen molar-refractivity contribution in [1.29, 1.82) is 0 Å². The maximum absolute atomic E-state index is 10.7. The second-order valence-electron chi connectivity index (χ2n) is 4.82. The first-order valence-electron chi connectivity index (χ1n) is 7.28. The Morgan fingerprint density at radius 1 is 1.13 bits per heavy atom.